The molecular formula is C7H5BrClF2N. The quantitative estimate of drug-likeness (QED) is 0.738. The lowest BCUT2D eigenvalue weighted by molar-refractivity contribution is 0.146. The van der Waals surface area contributed by atoms with Crippen LogP contribution in [0.4, 0.5) is 8.78 Å². The van der Waals surface area contributed by atoms with Gasteiger partial charge in [0.1, 0.15) is 5.69 Å². The van der Waals surface area contributed by atoms with E-state index in [9.17, 15) is 8.78 Å². The van der Waals surface area contributed by atoms with Gasteiger partial charge in [-0.15, -0.1) is 11.6 Å². The summed E-state index contributed by atoms with van der Waals surface area (Å²) in [4.78, 5) is 3.66. The van der Waals surface area contributed by atoms with Gasteiger partial charge in [-0.25, -0.2) is 13.8 Å². The van der Waals surface area contributed by atoms with E-state index in [2.05, 4.69) is 20.9 Å². The molecule has 0 bridgehead atoms. The molecule has 0 aliphatic rings. The molecule has 0 aromatic carbocycles. The molecule has 12 heavy (non-hydrogen) atoms. The predicted molar refractivity (Wildman–Crippen MR) is 46.5 cm³/mol. The lowest BCUT2D eigenvalue weighted by Crippen LogP contribution is -1.94. The molecule has 0 fully saturated rings. The first-order valence-electron chi connectivity index (χ1n) is 3.14. The fraction of sp³-hybridized carbons (Fsp3) is 0.286. The molecule has 0 N–H and O–H groups in total. The van der Waals surface area contributed by atoms with Crippen molar-refractivity contribution in [1.29, 1.82) is 0 Å². The van der Waals surface area contributed by atoms with E-state index in [1.54, 1.807) is 0 Å². The molecular weight excluding hydrogens is 251 g/mol. The lowest BCUT2D eigenvalue weighted by atomic mass is 10.3. The highest BCUT2D eigenvalue weighted by Gasteiger charge is 2.10. The average molecular weight is 256 g/mol. The molecule has 0 saturated heterocycles. The molecule has 0 aliphatic carbocycles. The number of rotatable bonds is 2. The third kappa shape index (κ3) is 2.14. The van der Waals surface area contributed by atoms with E-state index in [-0.39, 0.29) is 11.6 Å². The maximum absolute atomic E-state index is 12.1. The second-order valence-corrected chi connectivity index (χ2v) is 3.22. The third-order valence-electron chi connectivity index (χ3n) is 1.29. The monoisotopic (exact) mass is 255 g/mol. The van der Waals surface area contributed by atoms with E-state index in [4.69, 9.17) is 11.6 Å². The zero-order chi connectivity index (χ0) is 9.14. The van der Waals surface area contributed by atoms with Gasteiger partial charge in [0.2, 0.25) is 0 Å². The van der Waals surface area contributed by atoms with Gasteiger partial charge in [0.15, 0.2) is 0 Å². The van der Waals surface area contributed by atoms with Gasteiger partial charge < -0.3 is 0 Å². The Morgan fingerprint density at radius 1 is 1.50 bits per heavy atom. The van der Waals surface area contributed by atoms with Crippen molar-refractivity contribution >= 4 is 27.5 Å². The number of hydrogen-bond acceptors (Lipinski definition) is 1. The Morgan fingerprint density at radius 2 is 2.17 bits per heavy atom. The maximum Gasteiger partial charge on any atom is 0.280 e. The Hall–Kier alpha value is -0.220. The summed E-state index contributed by atoms with van der Waals surface area (Å²) in [7, 11) is 0. The molecule has 1 aromatic rings. The number of hydrogen-bond donors (Lipinski definition) is 0. The van der Waals surface area contributed by atoms with Gasteiger partial charge in [-0.3, -0.25) is 0 Å². The molecule has 1 nitrogen and oxygen atoms in total. The highest BCUT2D eigenvalue weighted by atomic mass is 79.9. The zero-order valence-corrected chi connectivity index (χ0v) is 8.24. The van der Waals surface area contributed by atoms with E-state index in [1.807, 2.05) is 0 Å². The second kappa shape index (κ2) is 4.14. The number of pyridine rings is 1. The van der Waals surface area contributed by atoms with Crippen molar-refractivity contribution in [1.82, 2.24) is 4.98 Å². The van der Waals surface area contributed by atoms with Crippen molar-refractivity contribution in [3.8, 4) is 0 Å². The Balaban J connectivity index is 3.05. The summed E-state index contributed by atoms with van der Waals surface area (Å²) in [6.45, 7) is 0. The van der Waals surface area contributed by atoms with Gasteiger partial charge in [0.05, 0.1) is 11.6 Å². The van der Waals surface area contributed by atoms with Crippen molar-refractivity contribution in [2.45, 2.75) is 12.3 Å². The highest BCUT2D eigenvalue weighted by Crippen LogP contribution is 2.22. The first-order valence-corrected chi connectivity index (χ1v) is 4.47. The van der Waals surface area contributed by atoms with Crippen LogP contribution in [0.5, 0.6) is 0 Å². The predicted octanol–water partition coefficient (Wildman–Crippen LogP) is 3.52. The van der Waals surface area contributed by atoms with Crippen molar-refractivity contribution in [2.75, 3.05) is 0 Å². The molecule has 1 aromatic heterocycles. The van der Waals surface area contributed by atoms with E-state index in [0.717, 1.165) is 0 Å². The van der Waals surface area contributed by atoms with Crippen LogP contribution in [0.2, 0.25) is 0 Å². The molecule has 0 unspecified atom stereocenters. The summed E-state index contributed by atoms with van der Waals surface area (Å²) in [5.74, 6) is 0.126. The van der Waals surface area contributed by atoms with Crippen LogP contribution in [-0.4, -0.2) is 4.98 Å². The summed E-state index contributed by atoms with van der Waals surface area (Å²) in [5, 5.41) is 0. The summed E-state index contributed by atoms with van der Waals surface area (Å²) in [5.41, 5.74) is 0.198. The minimum atomic E-state index is -2.54. The molecule has 0 amide bonds. The van der Waals surface area contributed by atoms with Crippen molar-refractivity contribution in [3.05, 3.63) is 28.0 Å². The van der Waals surface area contributed by atoms with Crippen LogP contribution in [0.1, 0.15) is 17.8 Å². The summed E-state index contributed by atoms with van der Waals surface area (Å²) < 4.78 is 24.8. The molecule has 5 heteroatoms. The van der Waals surface area contributed by atoms with Crippen molar-refractivity contribution in [2.24, 2.45) is 0 Å². The topological polar surface area (TPSA) is 12.9 Å². The average Bonchev–Trinajstić information content (AvgIpc) is 2.05. The number of halogens is 4. The van der Waals surface area contributed by atoms with E-state index < -0.39 is 6.43 Å². The summed E-state index contributed by atoms with van der Waals surface area (Å²) in [6.07, 6.45) is -2.54. The third-order valence-corrected chi connectivity index (χ3v) is 2.27. The van der Waals surface area contributed by atoms with Crippen molar-refractivity contribution in [3.63, 3.8) is 0 Å². The van der Waals surface area contributed by atoms with Crippen LogP contribution >= 0.6 is 27.5 Å². The first-order chi connectivity index (χ1) is 5.65. The van der Waals surface area contributed by atoms with Gasteiger partial charge in [-0.05, 0) is 28.1 Å². The van der Waals surface area contributed by atoms with Crippen LogP contribution in [0.15, 0.2) is 16.6 Å². The molecule has 66 valence electrons. The number of alkyl halides is 3. The van der Waals surface area contributed by atoms with Gasteiger partial charge in [0.25, 0.3) is 6.43 Å². The minimum Gasteiger partial charge on any atom is -0.249 e. The van der Waals surface area contributed by atoms with E-state index in [1.165, 1.54) is 12.1 Å². The van der Waals surface area contributed by atoms with Gasteiger partial charge >= 0.3 is 0 Å². The first kappa shape index (κ1) is 9.86. The number of nitrogens with zero attached hydrogens (tertiary/aromatic N) is 1. The smallest absolute Gasteiger partial charge is 0.249 e. The van der Waals surface area contributed by atoms with Crippen molar-refractivity contribution < 1.29 is 8.78 Å². The fourth-order valence-corrected chi connectivity index (χ4v) is 1.44. The largest absolute Gasteiger partial charge is 0.280 e. The van der Waals surface area contributed by atoms with Crippen LogP contribution in [0.3, 0.4) is 0 Å². The van der Waals surface area contributed by atoms with Crippen LogP contribution in [-0.2, 0) is 5.88 Å². The Bertz CT molecular complexity index is 280. The van der Waals surface area contributed by atoms with Crippen LogP contribution in [0.25, 0.3) is 0 Å². The zero-order valence-electron chi connectivity index (χ0n) is 5.90. The summed E-state index contributed by atoms with van der Waals surface area (Å²) in [6, 6.07) is 2.79. The van der Waals surface area contributed by atoms with Gasteiger partial charge in [-0.2, -0.15) is 0 Å². The maximum atomic E-state index is 12.1. The van der Waals surface area contributed by atoms with E-state index in [0.29, 0.717) is 10.2 Å². The number of aromatic nitrogens is 1. The second-order valence-electron chi connectivity index (χ2n) is 2.10. The Morgan fingerprint density at radius 3 is 2.67 bits per heavy atom. The summed E-state index contributed by atoms with van der Waals surface area (Å²) >= 11 is 8.62. The van der Waals surface area contributed by atoms with Crippen LogP contribution < -0.4 is 0 Å². The molecule has 1 heterocycles. The lowest BCUT2D eigenvalue weighted by Gasteiger charge is -2.02. The van der Waals surface area contributed by atoms with E-state index >= 15 is 0 Å². The molecule has 0 atom stereocenters. The molecule has 0 aliphatic heterocycles. The van der Waals surface area contributed by atoms with Crippen LogP contribution in [0, 0.1) is 0 Å². The molecule has 1 rings (SSSR count). The van der Waals surface area contributed by atoms with Gasteiger partial charge in [-0.1, -0.05) is 0 Å². The Labute approximate surface area is 81.9 Å². The standard InChI is InChI=1S/C7H5BrClF2N/c8-4-1-2-5(7(10)11)12-6(4)3-9/h1-2,7H,3H2. The SMILES string of the molecule is FC(F)c1ccc(Br)c(CCl)n1. The normalized spacial score (nSPS) is 10.8. The molecule has 0 radical (unpaired) electrons. The minimum absolute atomic E-state index is 0.126. The molecule has 0 spiro atoms. The highest BCUT2D eigenvalue weighted by molar-refractivity contribution is 9.10. The van der Waals surface area contributed by atoms with Gasteiger partial charge in [0, 0.05) is 4.47 Å². The fourth-order valence-electron chi connectivity index (χ4n) is 0.716. The Kier molecular flexibility index (Phi) is 3.40. The molecule has 0 saturated carbocycles.